The molecule has 1 rings (SSSR count). The van der Waals surface area contributed by atoms with Gasteiger partial charge >= 0.3 is 0 Å². The number of hydrogen-bond acceptors (Lipinski definition) is 1. The molecule has 0 radical (unpaired) electrons. The van der Waals surface area contributed by atoms with Gasteiger partial charge in [0.1, 0.15) is 0 Å². The van der Waals surface area contributed by atoms with E-state index >= 15 is 0 Å². The summed E-state index contributed by atoms with van der Waals surface area (Å²) in [5.74, 6) is 0. The minimum Gasteiger partial charge on any atom is -0.324 e. The Balaban J connectivity index is 2.75. The zero-order valence-corrected chi connectivity index (χ0v) is 18.5. The van der Waals surface area contributed by atoms with E-state index in [0.29, 0.717) is 0 Å². The van der Waals surface area contributed by atoms with Gasteiger partial charge in [0.2, 0.25) is 0 Å². The zero-order valence-electron chi connectivity index (χ0n) is 18.5. The van der Waals surface area contributed by atoms with E-state index in [1.54, 1.807) is 0 Å². The Hall–Kier alpha value is -1.08. The van der Waals surface area contributed by atoms with Crippen molar-refractivity contribution in [2.24, 2.45) is 5.73 Å². The molecule has 0 heterocycles. The number of unbranched alkanes of at least 4 members (excludes halogenated alkanes) is 10. The first kappa shape index (κ1) is 24.0. The van der Waals surface area contributed by atoms with E-state index in [2.05, 4.69) is 39.5 Å². The van der Waals surface area contributed by atoms with E-state index in [9.17, 15) is 0 Å². The molecule has 0 fully saturated rings. The first-order chi connectivity index (χ1) is 13.2. The third-order valence-corrected chi connectivity index (χ3v) is 5.74. The Kier molecular flexibility index (Phi) is 13.2. The lowest BCUT2D eigenvalue weighted by Crippen LogP contribution is -2.13. The summed E-state index contributed by atoms with van der Waals surface area (Å²) in [5.41, 5.74) is 12.0. The molecular formula is C26H45N. The quantitative estimate of drug-likeness (QED) is 0.291. The van der Waals surface area contributed by atoms with Gasteiger partial charge < -0.3 is 5.73 Å². The highest BCUT2D eigenvalue weighted by Gasteiger charge is 2.15. The van der Waals surface area contributed by atoms with Gasteiger partial charge in [-0.1, -0.05) is 103 Å². The van der Waals surface area contributed by atoms with Gasteiger partial charge in [0.05, 0.1) is 0 Å². The summed E-state index contributed by atoms with van der Waals surface area (Å²) in [6.45, 7) is 10.7. The molecule has 0 bridgehead atoms. The molecule has 0 aromatic heterocycles. The Morgan fingerprint density at radius 2 is 1.33 bits per heavy atom. The first-order valence-corrected chi connectivity index (χ1v) is 11.7. The van der Waals surface area contributed by atoms with Crippen LogP contribution >= 0.6 is 0 Å². The highest BCUT2D eigenvalue weighted by atomic mass is 14.6. The monoisotopic (exact) mass is 371 g/mol. The Morgan fingerprint density at radius 3 is 1.85 bits per heavy atom. The molecule has 27 heavy (non-hydrogen) atoms. The van der Waals surface area contributed by atoms with E-state index in [4.69, 9.17) is 5.73 Å². The summed E-state index contributed by atoms with van der Waals surface area (Å²) in [6, 6.07) is 4.67. The van der Waals surface area contributed by atoms with Crippen LogP contribution in [0.1, 0.15) is 126 Å². The van der Waals surface area contributed by atoms with Gasteiger partial charge in [0, 0.05) is 6.04 Å². The average molecular weight is 372 g/mol. The van der Waals surface area contributed by atoms with Crippen molar-refractivity contribution in [1.29, 1.82) is 0 Å². The van der Waals surface area contributed by atoms with Crippen LogP contribution in [0.15, 0.2) is 18.7 Å². The van der Waals surface area contributed by atoms with Crippen LogP contribution in [-0.4, -0.2) is 0 Å². The fourth-order valence-electron chi connectivity index (χ4n) is 4.15. The summed E-state index contributed by atoms with van der Waals surface area (Å²) >= 11 is 0. The van der Waals surface area contributed by atoms with Crippen molar-refractivity contribution in [1.82, 2.24) is 0 Å². The number of aryl methyl sites for hydroxylation is 1. The maximum Gasteiger partial charge on any atom is 0.0274 e. The van der Waals surface area contributed by atoms with Crippen molar-refractivity contribution in [3.63, 3.8) is 0 Å². The number of rotatable bonds is 16. The molecule has 0 saturated carbocycles. The van der Waals surface area contributed by atoms with E-state index in [1.165, 1.54) is 112 Å². The lowest BCUT2D eigenvalue weighted by Gasteiger charge is -2.20. The SMILES string of the molecule is C=Cc1ccc(CCCCCCCC)c(CCCCCCCC)c1C(C)N. The minimum atomic E-state index is 0.0811. The maximum atomic E-state index is 6.39. The van der Waals surface area contributed by atoms with Crippen LogP contribution in [0.4, 0.5) is 0 Å². The number of hydrogen-bond donors (Lipinski definition) is 1. The molecule has 2 N–H and O–H groups in total. The van der Waals surface area contributed by atoms with Crippen molar-refractivity contribution in [3.05, 3.63) is 41.0 Å². The second kappa shape index (κ2) is 14.9. The van der Waals surface area contributed by atoms with Gasteiger partial charge in [0.15, 0.2) is 0 Å². The zero-order chi connectivity index (χ0) is 19.9. The van der Waals surface area contributed by atoms with E-state index in [0.717, 1.165) is 0 Å². The Labute approximate surface area is 169 Å². The summed E-state index contributed by atoms with van der Waals surface area (Å²) in [6.07, 6.45) is 20.6. The molecule has 1 atom stereocenters. The molecule has 0 aliphatic carbocycles. The normalized spacial score (nSPS) is 12.3. The third kappa shape index (κ3) is 9.10. The second-order valence-electron chi connectivity index (χ2n) is 8.23. The molecule has 0 spiro atoms. The van der Waals surface area contributed by atoms with Gasteiger partial charge in [-0.05, 0) is 54.9 Å². The molecule has 1 aromatic carbocycles. The molecule has 0 saturated heterocycles. The molecule has 1 aromatic rings. The van der Waals surface area contributed by atoms with Gasteiger partial charge in [0.25, 0.3) is 0 Å². The minimum absolute atomic E-state index is 0.0811. The van der Waals surface area contributed by atoms with Crippen LogP contribution in [0, 0.1) is 0 Å². The molecule has 1 unspecified atom stereocenters. The largest absolute Gasteiger partial charge is 0.324 e. The second-order valence-corrected chi connectivity index (χ2v) is 8.23. The number of benzene rings is 1. The molecule has 1 heteroatoms. The van der Waals surface area contributed by atoms with Crippen LogP contribution < -0.4 is 5.73 Å². The smallest absolute Gasteiger partial charge is 0.0274 e. The fourth-order valence-corrected chi connectivity index (χ4v) is 4.15. The van der Waals surface area contributed by atoms with Crippen LogP contribution in [0.25, 0.3) is 6.08 Å². The molecule has 1 nitrogen and oxygen atoms in total. The topological polar surface area (TPSA) is 26.0 Å². The van der Waals surface area contributed by atoms with Crippen molar-refractivity contribution in [3.8, 4) is 0 Å². The van der Waals surface area contributed by atoms with Crippen LogP contribution in [-0.2, 0) is 12.8 Å². The lowest BCUT2D eigenvalue weighted by molar-refractivity contribution is 0.596. The standard InChI is InChI=1S/C26H45N/c1-5-8-10-12-14-16-18-24-21-20-23(7-3)26(22(4)27)25(24)19-17-15-13-11-9-6-2/h7,20-22H,3,5-6,8-19,27H2,1-2,4H3. The Bertz CT molecular complexity index is 515. The predicted octanol–water partition coefficient (Wildman–Crippen LogP) is 8.16. The highest BCUT2D eigenvalue weighted by Crippen LogP contribution is 2.28. The van der Waals surface area contributed by atoms with Crippen molar-refractivity contribution in [2.75, 3.05) is 0 Å². The predicted molar refractivity (Wildman–Crippen MR) is 123 cm³/mol. The molecule has 0 aliphatic heterocycles. The van der Waals surface area contributed by atoms with Gasteiger partial charge in [-0.3, -0.25) is 0 Å². The van der Waals surface area contributed by atoms with Crippen LogP contribution in [0.3, 0.4) is 0 Å². The maximum absolute atomic E-state index is 6.39. The molecule has 0 amide bonds. The van der Waals surface area contributed by atoms with E-state index < -0.39 is 0 Å². The van der Waals surface area contributed by atoms with Crippen LogP contribution in [0.5, 0.6) is 0 Å². The van der Waals surface area contributed by atoms with Crippen LogP contribution in [0.2, 0.25) is 0 Å². The van der Waals surface area contributed by atoms with Crippen molar-refractivity contribution in [2.45, 2.75) is 117 Å². The van der Waals surface area contributed by atoms with Crippen molar-refractivity contribution < 1.29 is 0 Å². The van der Waals surface area contributed by atoms with Gasteiger partial charge in [-0.25, -0.2) is 0 Å². The molecule has 0 aliphatic rings. The summed E-state index contributed by atoms with van der Waals surface area (Å²) < 4.78 is 0. The lowest BCUT2D eigenvalue weighted by atomic mass is 9.87. The number of nitrogens with two attached hydrogens (primary N) is 1. The van der Waals surface area contributed by atoms with Gasteiger partial charge in [-0.2, -0.15) is 0 Å². The fraction of sp³-hybridized carbons (Fsp3) is 0.692. The first-order valence-electron chi connectivity index (χ1n) is 11.7. The van der Waals surface area contributed by atoms with Gasteiger partial charge in [-0.15, -0.1) is 0 Å². The van der Waals surface area contributed by atoms with E-state index in [-0.39, 0.29) is 6.04 Å². The molecule has 154 valence electrons. The summed E-state index contributed by atoms with van der Waals surface area (Å²) in [4.78, 5) is 0. The Morgan fingerprint density at radius 1 is 0.815 bits per heavy atom. The molecular weight excluding hydrogens is 326 g/mol. The van der Waals surface area contributed by atoms with E-state index in [1.807, 2.05) is 6.08 Å². The van der Waals surface area contributed by atoms with Crippen molar-refractivity contribution >= 4 is 6.08 Å². The third-order valence-electron chi connectivity index (χ3n) is 5.74. The summed E-state index contributed by atoms with van der Waals surface area (Å²) in [5, 5.41) is 0. The summed E-state index contributed by atoms with van der Waals surface area (Å²) in [7, 11) is 0. The average Bonchev–Trinajstić information content (AvgIpc) is 2.67. The highest BCUT2D eigenvalue weighted by molar-refractivity contribution is 5.57.